The number of hydrogen-bond acceptors (Lipinski definition) is 4. The minimum Gasteiger partial charge on any atom is -0.382 e. The van der Waals surface area contributed by atoms with Crippen molar-refractivity contribution in [2.75, 3.05) is 26.8 Å². The Morgan fingerprint density at radius 1 is 1.32 bits per heavy atom. The quantitative estimate of drug-likeness (QED) is 0.243. The molecule has 2 N–H and O–H groups in total. The molecule has 0 amide bonds. The predicted octanol–water partition coefficient (Wildman–Crippen LogP) is 3.98. The molecule has 5 nitrogen and oxygen atoms in total. The first-order chi connectivity index (χ1) is 11.7. The molecule has 1 fully saturated rings. The Labute approximate surface area is 173 Å². The number of thiazole rings is 1. The molecule has 0 unspecified atom stereocenters. The molecule has 1 heterocycles. The van der Waals surface area contributed by atoms with Crippen molar-refractivity contribution < 1.29 is 4.74 Å². The zero-order valence-electron chi connectivity index (χ0n) is 15.8. The number of guanidine groups is 1. The molecule has 0 aliphatic heterocycles. The fraction of sp³-hybridized carbons (Fsp3) is 0.778. The van der Waals surface area contributed by atoms with E-state index >= 15 is 0 Å². The summed E-state index contributed by atoms with van der Waals surface area (Å²) in [5.74, 6) is 0.865. The van der Waals surface area contributed by atoms with Gasteiger partial charge in [0.25, 0.3) is 0 Å². The van der Waals surface area contributed by atoms with Gasteiger partial charge in [0, 0.05) is 32.2 Å². The van der Waals surface area contributed by atoms with Crippen molar-refractivity contribution in [3.05, 3.63) is 16.1 Å². The van der Waals surface area contributed by atoms with Gasteiger partial charge >= 0.3 is 0 Å². The molecular formula is C18H33IN4OS. The third-order valence-electron chi connectivity index (χ3n) is 4.84. The third-order valence-corrected chi connectivity index (χ3v) is 5.88. The Hall–Kier alpha value is -0.410. The second-order valence-electron chi connectivity index (χ2n) is 6.52. The summed E-state index contributed by atoms with van der Waals surface area (Å²) in [6.07, 6.45) is 7.37. The summed E-state index contributed by atoms with van der Waals surface area (Å²) < 4.78 is 5.59. The van der Waals surface area contributed by atoms with E-state index in [1.54, 1.807) is 11.3 Å². The zero-order valence-corrected chi connectivity index (χ0v) is 18.9. The molecule has 7 heteroatoms. The summed E-state index contributed by atoms with van der Waals surface area (Å²) in [5, 5.41) is 10.2. The molecule has 25 heavy (non-hydrogen) atoms. The topological polar surface area (TPSA) is 58.5 Å². The molecular weight excluding hydrogens is 447 g/mol. The lowest BCUT2D eigenvalue weighted by atomic mass is 9.83. The summed E-state index contributed by atoms with van der Waals surface area (Å²) in [6, 6.07) is 0. The van der Waals surface area contributed by atoms with Crippen LogP contribution in [0.4, 0.5) is 0 Å². The highest BCUT2D eigenvalue weighted by atomic mass is 127. The molecule has 1 aliphatic rings. The highest BCUT2D eigenvalue weighted by Crippen LogP contribution is 2.40. The van der Waals surface area contributed by atoms with E-state index < -0.39 is 0 Å². The Bertz CT molecular complexity index is 515. The molecule has 0 atom stereocenters. The molecule has 1 aromatic rings. The number of hydrogen-bond donors (Lipinski definition) is 2. The zero-order chi connectivity index (χ0) is 17.3. The van der Waals surface area contributed by atoms with E-state index in [-0.39, 0.29) is 24.0 Å². The van der Waals surface area contributed by atoms with Gasteiger partial charge in [-0.3, -0.25) is 4.99 Å². The average Bonchev–Trinajstić information content (AvgIpc) is 3.25. The Morgan fingerprint density at radius 3 is 2.68 bits per heavy atom. The van der Waals surface area contributed by atoms with Crippen molar-refractivity contribution >= 4 is 41.3 Å². The molecule has 2 rings (SSSR count). The number of aliphatic imine (C=N–C) groups is 1. The molecule has 1 aromatic heterocycles. The van der Waals surface area contributed by atoms with E-state index in [0.29, 0.717) is 5.41 Å². The van der Waals surface area contributed by atoms with Crippen LogP contribution in [0.2, 0.25) is 0 Å². The molecule has 1 saturated carbocycles. The van der Waals surface area contributed by atoms with Crippen LogP contribution in [-0.2, 0) is 17.7 Å². The van der Waals surface area contributed by atoms with E-state index in [1.165, 1.54) is 30.7 Å². The summed E-state index contributed by atoms with van der Waals surface area (Å²) >= 11 is 1.73. The first-order valence-corrected chi connectivity index (χ1v) is 10.0. The van der Waals surface area contributed by atoms with Crippen LogP contribution in [0, 0.1) is 5.41 Å². The third kappa shape index (κ3) is 7.38. The monoisotopic (exact) mass is 480 g/mol. The number of aryl methyl sites for hydroxylation is 1. The van der Waals surface area contributed by atoms with Crippen molar-refractivity contribution in [1.29, 1.82) is 0 Å². The van der Waals surface area contributed by atoms with Crippen LogP contribution < -0.4 is 10.6 Å². The van der Waals surface area contributed by atoms with E-state index in [2.05, 4.69) is 39.8 Å². The minimum atomic E-state index is 0. The van der Waals surface area contributed by atoms with E-state index in [9.17, 15) is 0 Å². The van der Waals surface area contributed by atoms with Crippen LogP contribution in [0.3, 0.4) is 0 Å². The van der Waals surface area contributed by atoms with Gasteiger partial charge in [-0.15, -0.1) is 35.3 Å². The van der Waals surface area contributed by atoms with Gasteiger partial charge in [0.05, 0.1) is 17.2 Å². The van der Waals surface area contributed by atoms with Crippen LogP contribution in [-0.4, -0.2) is 37.7 Å². The van der Waals surface area contributed by atoms with Crippen LogP contribution >= 0.6 is 35.3 Å². The van der Waals surface area contributed by atoms with Crippen LogP contribution in [0.1, 0.15) is 56.7 Å². The summed E-state index contributed by atoms with van der Waals surface area (Å²) in [4.78, 5) is 8.95. The first-order valence-electron chi connectivity index (χ1n) is 9.17. The predicted molar refractivity (Wildman–Crippen MR) is 117 cm³/mol. The lowest BCUT2D eigenvalue weighted by Gasteiger charge is -2.30. The van der Waals surface area contributed by atoms with E-state index in [4.69, 9.17) is 4.74 Å². The Kier molecular flexibility index (Phi) is 10.9. The van der Waals surface area contributed by atoms with Crippen LogP contribution in [0.5, 0.6) is 0 Å². The lowest BCUT2D eigenvalue weighted by Crippen LogP contribution is -2.43. The van der Waals surface area contributed by atoms with Gasteiger partial charge in [-0.2, -0.15) is 0 Å². The molecule has 0 spiro atoms. The number of aromatic nitrogens is 1. The second kappa shape index (κ2) is 12.1. The summed E-state index contributed by atoms with van der Waals surface area (Å²) in [7, 11) is 1.83. The van der Waals surface area contributed by atoms with Crippen molar-refractivity contribution in [1.82, 2.24) is 15.6 Å². The van der Waals surface area contributed by atoms with Gasteiger partial charge in [-0.05, 0) is 38.0 Å². The van der Waals surface area contributed by atoms with Crippen molar-refractivity contribution in [3.8, 4) is 0 Å². The lowest BCUT2D eigenvalue weighted by molar-refractivity contribution is 0.105. The van der Waals surface area contributed by atoms with Gasteiger partial charge in [-0.25, -0.2) is 4.98 Å². The maximum Gasteiger partial charge on any atom is 0.191 e. The maximum atomic E-state index is 5.59. The van der Waals surface area contributed by atoms with E-state index in [0.717, 1.165) is 50.8 Å². The maximum absolute atomic E-state index is 5.59. The average molecular weight is 480 g/mol. The van der Waals surface area contributed by atoms with Crippen molar-refractivity contribution in [3.63, 3.8) is 0 Å². The minimum absolute atomic E-state index is 0. The fourth-order valence-corrected chi connectivity index (χ4v) is 4.08. The largest absolute Gasteiger partial charge is 0.382 e. The smallest absolute Gasteiger partial charge is 0.191 e. The van der Waals surface area contributed by atoms with Gasteiger partial charge in [-0.1, -0.05) is 19.8 Å². The highest BCUT2D eigenvalue weighted by molar-refractivity contribution is 14.0. The number of nitrogens with zero attached hydrogens (tertiary/aromatic N) is 2. The second-order valence-corrected chi connectivity index (χ2v) is 7.46. The Morgan fingerprint density at radius 2 is 2.08 bits per heavy atom. The molecule has 0 aromatic carbocycles. The molecule has 0 saturated heterocycles. The standard InChI is InChI=1S/C18H32N4OS.HI/c1-4-16-22-15(13-24-16)12-20-17(19-3)21-14-18(8-6-7-9-18)10-11-23-5-2;/h13H,4-12,14H2,1-3H3,(H2,19,20,21);1H. The first kappa shape index (κ1) is 22.6. The van der Waals surface area contributed by atoms with Crippen molar-refractivity contribution in [2.24, 2.45) is 10.4 Å². The highest BCUT2D eigenvalue weighted by Gasteiger charge is 2.33. The van der Waals surface area contributed by atoms with Gasteiger partial charge < -0.3 is 15.4 Å². The fourth-order valence-electron chi connectivity index (χ4n) is 3.33. The number of ether oxygens (including phenoxy) is 1. The van der Waals surface area contributed by atoms with Crippen LogP contribution in [0.15, 0.2) is 10.4 Å². The molecule has 144 valence electrons. The van der Waals surface area contributed by atoms with Gasteiger partial charge in [0.1, 0.15) is 0 Å². The normalized spacial score (nSPS) is 16.5. The van der Waals surface area contributed by atoms with E-state index in [1.807, 2.05) is 7.05 Å². The van der Waals surface area contributed by atoms with Crippen molar-refractivity contribution in [2.45, 2.75) is 58.9 Å². The number of rotatable bonds is 9. The van der Waals surface area contributed by atoms with Gasteiger partial charge in [0.15, 0.2) is 5.96 Å². The molecule has 1 aliphatic carbocycles. The number of nitrogens with one attached hydrogen (secondary N) is 2. The van der Waals surface area contributed by atoms with Crippen LogP contribution in [0.25, 0.3) is 0 Å². The molecule has 0 bridgehead atoms. The summed E-state index contributed by atoms with van der Waals surface area (Å²) in [5.41, 5.74) is 1.45. The number of halogens is 1. The SMILES string of the molecule is CCOCCC1(CNC(=NC)NCc2csc(CC)n2)CCCC1.I. The van der Waals surface area contributed by atoms with Gasteiger partial charge in [0.2, 0.25) is 0 Å². The summed E-state index contributed by atoms with van der Waals surface area (Å²) in [6.45, 7) is 7.57. The Balaban J connectivity index is 0.00000312. The molecule has 0 radical (unpaired) electrons.